The zero-order chi connectivity index (χ0) is 10.9. The van der Waals surface area contributed by atoms with Crippen molar-refractivity contribution >= 4 is 5.82 Å². The van der Waals surface area contributed by atoms with E-state index in [1.54, 1.807) is 0 Å². The molecule has 1 aromatic rings. The minimum absolute atomic E-state index is 0.0787. The normalized spacial score (nSPS) is 20.3. The SMILES string of the molecule is Fc1ccc(N2CCCC(F)(F)C2)nc1. The predicted molar refractivity (Wildman–Crippen MR) is 50.6 cm³/mol. The van der Waals surface area contributed by atoms with E-state index in [2.05, 4.69) is 4.98 Å². The Morgan fingerprint density at radius 2 is 2.13 bits per heavy atom. The fourth-order valence-corrected chi connectivity index (χ4v) is 1.72. The van der Waals surface area contributed by atoms with Crippen LogP contribution in [-0.2, 0) is 0 Å². The Balaban J connectivity index is 2.13. The van der Waals surface area contributed by atoms with E-state index in [9.17, 15) is 13.2 Å². The number of anilines is 1. The number of alkyl halides is 2. The van der Waals surface area contributed by atoms with Gasteiger partial charge < -0.3 is 4.90 Å². The van der Waals surface area contributed by atoms with Crippen LogP contribution in [0.1, 0.15) is 12.8 Å². The Hall–Kier alpha value is -1.26. The highest BCUT2D eigenvalue weighted by Crippen LogP contribution is 2.28. The van der Waals surface area contributed by atoms with Gasteiger partial charge in [-0.15, -0.1) is 0 Å². The molecule has 0 bridgehead atoms. The topological polar surface area (TPSA) is 16.1 Å². The molecule has 1 aliphatic heterocycles. The molecule has 2 nitrogen and oxygen atoms in total. The largest absolute Gasteiger partial charge is 0.351 e. The lowest BCUT2D eigenvalue weighted by Gasteiger charge is -2.33. The van der Waals surface area contributed by atoms with Gasteiger partial charge in [0.15, 0.2) is 0 Å². The summed E-state index contributed by atoms with van der Waals surface area (Å²) in [4.78, 5) is 5.27. The molecule has 0 saturated carbocycles. The summed E-state index contributed by atoms with van der Waals surface area (Å²) >= 11 is 0. The molecule has 0 aromatic carbocycles. The van der Waals surface area contributed by atoms with Gasteiger partial charge in [-0.05, 0) is 18.6 Å². The maximum atomic E-state index is 13.1. The smallest absolute Gasteiger partial charge is 0.265 e. The average Bonchev–Trinajstić information content (AvgIpc) is 2.17. The van der Waals surface area contributed by atoms with E-state index < -0.39 is 11.7 Å². The molecule has 0 N–H and O–H groups in total. The van der Waals surface area contributed by atoms with Crippen LogP contribution in [0.3, 0.4) is 0 Å². The monoisotopic (exact) mass is 216 g/mol. The van der Waals surface area contributed by atoms with Gasteiger partial charge in [-0.25, -0.2) is 18.2 Å². The highest BCUT2D eigenvalue weighted by atomic mass is 19.3. The van der Waals surface area contributed by atoms with E-state index in [-0.39, 0.29) is 13.0 Å². The minimum Gasteiger partial charge on any atom is -0.351 e. The van der Waals surface area contributed by atoms with Crippen LogP contribution < -0.4 is 4.90 Å². The number of halogens is 3. The lowest BCUT2D eigenvalue weighted by molar-refractivity contribution is -0.0118. The van der Waals surface area contributed by atoms with Crippen LogP contribution in [0.25, 0.3) is 0 Å². The quantitative estimate of drug-likeness (QED) is 0.716. The summed E-state index contributed by atoms with van der Waals surface area (Å²) in [6, 6.07) is 2.66. The first kappa shape index (κ1) is 10.3. The molecule has 5 heteroatoms. The Kier molecular flexibility index (Phi) is 2.54. The van der Waals surface area contributed by atoms with Crippen molar-refractivity contribution in [3.63, 3.8) is 0 Å². The molecule has 1 fully saturated rings. The highest BCUT2D eigenvalue weighted by molar-refractivity contribution is 5.38. The van der Waals surface area contributed by atoms with Crippen molar-refractivity contribution in [3.05, 3.63) is 24.1 Å². The van der Waals surface area contributed by atoms with Crippen LogP contribution in [-0.4, -0.2) is 24.0 Å². The van der Waals surface area contributed by atoms with Gasteiger partial charge in [0.2, 0.25) is 0 Å². The third kappa shape index (κ3) is 2.40. The van der Waals surface area contributed by atoms with Crippen molar-refractivity contribution in [1.29, 1.82) is 0 Å². The summed E-state index contributed by atoms with van der Waals surface area (Å²) in [5.74, 6) is -2.70. The maximum Gasteiger partial charge on any atom is 0.265 e. The number of piperidine rings is 1. The molecule has 0 unspecified atom stereocenters. The van der Waals surface area contributed by atoms with Gasteiger partial charge in [-0.2, -0.15) is 0 Å². The van der Waals surface area contributed by atoms with Crippen LogP contribution in [0.4, 0.5) is 19.0 Å². The van der Waals surface area contributed by atoms with E-state index in [1.807, 2.05) is 0 Å². The molecule has 2 rings (SSSR count). The summed E-state index contributed by atoms with van der Waals surface area (Å²) in [6.07, 6.45) is 1.40. The second-order valence-corrected chi connectivity index (χ2v) is 3.72. The number of nitrogens with zero attached hydrogens (tertiary/aromatic N) is 2. The van der Waals surface area contributed by atoms with Gasteiger partial charge in [0.25, 0.3) is 5.92 Å². The Morgan fingerprint density at radius 1 is 1.33 bits per heavy atom. The average molecular weight is 216 g/mol. The molecule has 1 aromatic heterocycles. The second-order valence-electron chi connectivity index (χ2n) is 3.72. The van der Waals surface area contributed by atoms with E-state index >= 15 is 0 Å². The van der Waals surface area contributed by atoms with Crippen LogP contribution in [0.15, 0.2) is 18.3 Å². The van der Waals surface area contributed by atoms with Gasteiger partial charge >= 0.3 is 0 Å². The van der Waals surface area contributed by atoms with E-state index in [4.69, 9.17) is 0 Å². The number of pyridine rings is 1. The first-order chi connectivity index (χ1) is 7.07. The van der Waals surface area contributed by atoms with Gasteiger partial charge in [-0.1, -0.05) is 0 Å². The number of aromatic nitrogens is 1. The number of hydrogen-bond acceptors (Lipinski definition) is 2. The summed E-state index contributed by atoms with van der Waals surface area (Å²) in [7, 11) is 0. The predicted octanol–water partition coefficient (Wildman–Crippen LogP) is 2.46. The lowest BCUT2D eigenvalue weighted by atomic mass is 10.1. The molecule has 1 saturated heterocycles. The van der Waals surface area contributed by atoms with Crippen molar-refractivity contribution in [2.45, 2.75) is 18.8 Å². The van der Waals surface area contributed by atoms with Gasteiger partial charge in [-0.3, -0.25) is 0 Å². The third-order valence-corrected chi connectivity index (χ3v) is 2.43. The van der Waals surface area contributed by atoms with Crippen molar-refractivity contribution in [3.8, 4) is 0 Å². The second kappa shape index (κ2) is 3.72. The molecule has 0 spiro atoms. The summed E-state index contributed by atoms with van der Waals surface area (Å²) in [6.45, 7) is 0.222. The highest BCUT2D eigenvalue weighted by Gasteiger charge is 2.35. The molecule has 0 amide bonds. The molecule has 0 atom stereocenters. The summed E-state index contributed by atoms with van der Waals surface area (Å²) in [5, 5.41) is 0. The van der Waals surface area contributed by atoms with E-state index in [0.29, 0.717) is 18.8 Å². The first-order valence-electron chi connectivity index (χ1n) is 4.81. The lowest BCUT2D eigenvalue weighted by Crippen LogP contribution is -2.43. The third-order valence-electron chi connectivity index (χ3n) is 2.43. The Bertz CT molecular complexity index is 337. The zero-order valence-electron chi connectivity index (χ0n) is 8.09. The molecule has 0 radical (unpaired) electrons. The molecular formula is C10H11F3N2. The van der Waals surface area contributed by atoms with Crippen molar-refractivity contribution in [1.82, 2.24) is 4.98 Å². The van der Waals surface area contributed by atoms with Crippen LogP contribution in [0, 0.1) is 5.82 Å². The van der Waals surface area contributed by atoms with Crippen LogP contribution in [0.2, 0.25) is 0 Å². The molecule has 82 valence electrons. The molecule has 0 aliphatic carbocycles. The Labute approximate surface area is 85.7 Å². The number of hydrogen-bond donors (Lipinski definition) is 0. The molecule has 15 heavy (non-hydrogen) atoms. The van der Waals surface area contributed by atoms with Crippen LogP contribution >= 0.6 is 0 Å². The molecular weight excluding hydrogens is 205 g/mol. The fraction of sp³-hybridized carbons (Fsp3) is 0.500. The maximum absolute atomic E-state index is 13.1. The Morgan fingerprint density at radius 3 is 2.73 bits per heavy atom. The zero-order valence-corrected chi connectivity index (χ0v) is 8.09. The van der Waals surface area contributed by atoms with Crippen molar-refractivity contribution < 1.29 is 13.2 Å². The van der Waals surface area contributed by atoms with Crippen molar-refractivity contribution in [2.75, 3.05) is 18.0 Å². The van der Waals surface area contributed by atoms with Crippen molar-refractivity contribution in [2.24, 2.45) is 0 Å². The minimum atomic E-state index is -2.66. The standard InChI is InChI=1S/C10H11F3N2/c11-8-2-3-9(14-6-8)15-5-1-4-10(12,13)7-15/h2-3,6H,1,4-5,7H2. The first-order valence-corrected chi connectivity index (χ1v) is 4.81. The molecule has 1 aliphatic rings. The fourth-order valence-electron chi connectivity index (χ4n) is 1.72. The van der Waals surface area contributed by atoms with E-state index in [0.717, 1.165) is 6.20 Å². The van der Waals surface area contributed by atoms with Gasteiger partial charge in [0.1, 0.15) is 11.6 Å². The van der Waals surface area contributed by atoms with E-state index in [1.165, 1.54) is 17.0 Å². The van der Waals surface area contributed by atoms with Gasteiger partial charge in [0, 0.05) is 13.0 Å². The summed E-state index contributed by atoms with van der Waals surface area (Å²) < 4.78 is 38.7. The van der Waals surface area contributed by atoms with Gasteiger partial charge in [0.05, 0.1) is 12.7 Å². The van der Waals surface area contributed by atoms with Crippen LogP contribution in [0.5, 0.6) is 0 Å². The molecule has 2 heterocycles. The summed E-state index contributed by atoms with van der Waals surface area (Å²) in [5.41, 5.74) is 0. The number of rotatable bonds is 1.